The van der Waals surface area contributed by atoms with Crippen molar-refractivity contribution in [1.82, 2.24) is 10.2 Å². The Morgan fingerprint density at radius 2 is 2.17 bits per heavy atom. The molecule has 0 radical (unpaired) electrons. The van der Waals surface area contributed by atoms with Crippen LogP contribution in [-0.2, 0) is 9.53 Å². The second-order valence-corrected chi connectivity index (χ2v) is 2.83. The lowest BCUT2D eigenvalue weighted by atomic mass is 10.4. The highest BCUT2D eigenvalue weighted by Crippen LogP contribution is 1.90. The number of rotatable bonds is 5. The lowest BCUT2D eigenvalue weighted by Gasteiger charge is -2.26. The molecule has 1 fully saturated rings. The van der Waals surface area contributed by atoms with Crippen molar-refractivity contribution in [3.05, 3.63) is 0 Å². The van der Waals surface area contributed by atoms with E-state index in [1.807, 2.05) is 0 Å². The van der Waals surface area contributed by atoms with Crippen LogP contribution < -0.4 is 5.32 Å². The molecule has 1 saturated heterocycles. The molecule has 12 heavy (non-hydrogen) atoms. The Morgan fingerprint density at radius 1 is 1.42 bits per heavy atom. The molecule has 0 unspecified atom stereocenters. The number of aldehydes is 1. The van der Waals surface area contributed by atoms with Crippen molar-refractivity contribution in [2.75, 3.05) is 45.9 Å². The summed E-state index contributed by atoms with van der Waals surface area (Å²) >= 11 is 0. The Bertz CT molecular complexity index is 124. The van der Waals surface area contributed by atoms with Gasteiger partial charge in [-0.3, -0.25) is 4.90 Å². The van der Waals surface area contributed by atoms with Crippen LogP contribution >= 0.6 is 0 Å². The third-order valence-corrected chi connectivity index (χ3v) is 1.95. The van der Waals surface area contributed by atoms with Crippen molar-refractivity contribution in [3.63, 3.8) is 0 Å². The summed E-state index contributed by atoms with van der Waals surface area (Å²) in [4.78, 5) is 12.2. The SMILES string of the molecule is O=CCOCCN1CCNCC1. The van der Waals surface area contributed by atoms with Crippen LogP contribution in [0.25, 0.3) is 0 Å². The van der Waals surface area contributed by atoms with Crippen molar-refractivity contribution < 1.29 is 9.53 Å². The molecule has 1 aliphatic rings. The Morgan fingerprint density at radius 3 is 2.83 bits per heavy atom. The van der Waals surface area contributed by atoms with E-state index in [1.165, 1.54) is 0 Å². The molecule has 0 amide bonds. The molecule has 4 nitrogen and oxygen atoms in total. The molecule has 0 bridgehead atoms. The molecule has 1 N–H and O–H groups in total. The highest BCUT2D eigenvalue weighted by molar-refractivity contribution is 5.50. The number of piperazine rings is 1. The number of nitrogens with one attached hydrogen (secondary N) is 1. The Labute approximate surface area is 72.9 Å². The summed E-state index contributed by atoms with van der Waals surface area (Å²) < 4.78 is 5.06. The zero-order valence-electron chi connectivity index (χ0n) is 7.29. The number of ether oxygens (including phenoxy) is 1. The van der Waals surface area contributed by atoms with Crippen LogP contribution in [0.3, 0.4) is 0 Å². The van der Waals surface area contributed by atoms with Gasteiger partial charge in [-0.2, -0.15) is 0 Å². The zero-order valence-corrected chi connectivity index (χ0v) is 7.29. The number of carbonyl (C=O) groups is 1. The van der Waals surface area contributed by atoms with Gasteiger partial charge < -0.3 is 14.8 Å². The average Bonchev–Trinajstić information content (AvgIpc) is 2.14. The molecule has 0 spiro atoms. The average molecular weight is 172 g/mol. The molecule has 0 atom stereocenters. The van der Waals surface area contributed by atoms with Crippen LogP contribution in [0.2, 0.25) is 0 Å². The maximum Gasteiger partial charge on any atom is 0.145 e. The molecular formula is C8H16N2O2. The van der Waals surface area contributed by atoms with E-state index in [0.717, 1.165) is 39.0 Å². The summed E-state index contributed by atoms with van der Waals surface area (Å²) in [6.07, 6.45) is 0.789. The molecule has 0 aliphatic carbocycles. The maximum atomic E-state index is 9.91. The summed E-state index contributed by atoms with van der Waals surface area (Å²) in [5.41, 5.74) is 0. The zero-order chi connectivity index (χ0) is 8.65. The fourth-order valence-electron chi connectivity index (χ4n) is 1.26. The van der Waals surface area contributed by atoms with Crippen molar-refractivity contribution in [2.45, 2.75) is 0 Å². The first kappa shape index (κ1) is 9.64. The molecule has 0 saturated carbocycles. The monoisotopic (exact) mass is 172 g/mol. The number of nitrogens with zero attached hydrogens (tertiary/aromatic N) is 1. The van der Waals surface area contributed by atoms with Crippen molar-refractivity contribution in [2.24, 2.45) is 0 Å². The first-order chi connectivity index (χ1) is 5.93. The second-order valence-electron chi connectivity index (χ2n) is 2.83. The van der Waals surface area contributed by atoms with Crippen molar-refractivity contribution in [3.8, 4) is 0 Å². The minimum absolute atomic E-state index is 0.228. The van der Waals surface area contributed by atoms with Crippen molar-refractivity contribution in [1.29, 1.82) is 0 Å². The van der Waals surface area contributed by atoms with E-state index in [2.05, 4.69) is 10.2 Å². The molecule has 4 heteroatoms. The molecule has 1 rings (SSSR count). The predicted molar refractivity (Wildman–Crippen MR) is 46.2 cm³/mol. The number of carbonyl (C=O) groups excluding carboxylic acids is 1. The molecule has 1 heterocycles. The van der Waals surface area contributed by atoms with E-state index >= 15 is 0 Å². The minimum Gasteiger partial charge on any atom is -0.373 e. The van der Waals surface area contributed by atoms with Crippen LogP contribution in [0, 0.1) is 0 Å². The quantitative estimate of drug-likeness (QED) is 0.431. The first-order valence-electron chi connectivity index (χ1n) is 4.38. The van der Waals surface area contributed by atoms with Gasteiger partial charge in [0.15, 0.2) is 0 Å². The lowest BCUT2D eigenvalue weighted by Crippen LogP contribution is -2.44. The summed E-state index contributed by atoms with van der Waals surface area (Å²) in [7, 11) is 0. The van der Waals surface area contributed by atoms with Gasteiger partial charge in [0.2, 0.25) is 0 Å². The van der Waals surface area contributed by atoms with Gasteiger partial charge in [-0.1, -0.05) is 0 Å². The van der Waals surface area contributed by atoms with Gasteiger partial charge in [0, 0.05) is 32.7 Å². The van der Waals surface area contributed by atoms with Crippen LogP contribution in [0.15, 0.2) is 0 Å². The molecule has 70 valence electrons. The molecule has 1 aliphatic heterocycles. The summed E-state index contributed by atoms with van der Waals surface area (Å²) in [5, 5.41) is 3.28. The molecular weight excluding hydrogens is 156 g/mol. The van der Waals surface area contributed by atoms with E-state index < -0.39 is 0 Å². The minimum atomic E-state index is 0.228. The van der Waals surface area contributed by atoms with E-state index in [-0.39, 0.29) is 6.61 Å². The Balaban J connectivity index is 1.94. The molecule has 0 aromatic carbocycles. The van der Waals surface area contributed by atoms with Crippen molar-refractivity contribution >= 4 is 6.29 Å². The van der Waals surface area contributed by atoms with Crippen LogP contribution in [-0.4, -0.2) is 57.1 Å². The lowest BCUT2D eigenvalue weighted by molar-refractivity contribution is -0.112. The van der Waals surface area contributed by atoms with Crippen LogP contribution in [0.4, 0.5) is 0 Å². The van der Waals surface area contributed by atoms with Gasteiger partial charge in [-0.15, -0.1) is 0 Å². The van der Waals surface area contributed by atoms with Crippen LogP contribution in [0.5, 0.6) is 0 Å². The van der Waals surface area contributed by atoms with Crippen LogP contribution in [0.1, 0.15) is 0 Å². The number of hydrogen-bond acceptors (Lipinski definition) is 4. The van der Waals surface area contributed by atoms with E-state index in [9.17, 15) is 4.79 Å². The highest BCUT2D eigenvalue weighted by atomic mass is 16.5. The van der Waals surface area contributed by atoms with Gasteiger partial charge >= 0.3 is 0 Å². The summed E-state index contributed by atoms with van der Waals surface area (Å²) in [5.74, 6) is 0. The predicted octanol–water partition coefficient (Wildman–Crippen LogP) is -0.893. The van der Waals surface area contributed by atoms with Gasteiger partial charge in [0.05, 0.1) is 6.61 Å². The summed E-state index contributed by atoms with van der Waals surface area (Å²) in [6, 6.07) is 0. The first-order valence-corrected chi connectivity index (χ1v) is 4.38. The van der Waals surface area contributed by atoms with Gasteiger partial charge in [0.1, 0.15) is 12.9 Å². The fraction of sp³-hybridized carbons (Fsp3) is 0.875. The second kappa shape index (κ2) is 6.11. The highest BCUT2D eigenvalue weighted by Gasteiger charge is 2.07. The summed E-state index contributed by atoms with van der Waals surface area (Å²) in [6.45, 7) is 6.14. The number of hydrogen-bond donors (Lipinski definition) is 1. The van der Waals surface area contributed by atoms with E-state index in [1.54, 1.807) is 0 Å². The van der Waals surface area contributed by atoms with E-state index in [0.29, 0.717) is 6.61 Å². The Kier molecular flexibility index (Phi) is 4.91. The molecule has 0 aromatic heterocycles. The van der Waals surface area contributed by atoms with Gasteiger partial charge in [0.25, 0.3) is 0 Å². The largest absolute Gasteiger partial charge is 0.373 e. The van der Waals surface area contributed by atoms with E-state index in [4.69, 9.17) is 4.74 Å². The van der Waals surface area contributed by atoms with Gasteiger partial charge in [-0.05, 0) is 0 Å². The third-order valence-electron chi connectivity index (χ3n) is 1.95. The van der Waals surface area contributed by atoms with Gasteiger partial charge in [-0.25, -0.2) is 0 Å². The standard InChI is InChI=1S/C8H16N2O2/c11-6-8-12-7-5-10-3-1-9-2-4-10/h6,9H,1-5,7-8H2. The smallest absolute Gasteiger partial charge is 0.145 e. The fourth-order valence-corrected chi connectivity index (χ4v) is 1.26. The topological polar surface area (TPSA) is 41.6 Å². The third kappa shape index (κ3) is 3.80. The maximum absolute atomic E-state index is 9.91. The molecule has 0 aromatic rings. The normalized spacial score (nSPS) is 19.3. The Hall–Kier alpha value is -0.450.